The van der Waals surface area contributed by atoms with Crippen LogP contribution in [-0.2, 0) is 25.5 Å². The van der Waals surface area contributed by atoms with Crippen molar-refractivity contribution in [3.63, 3.8) is 0 Å². The highest BCUT2D eigenvalue weighted by Crippen LogP contribution is 2.27. The van der Waals surface area contributed by atoms with E-state index >= 15 is 0 Å². The third kappa shape index (κ3) is 3.19. The summed E-state index contributed by atoms with van der Waals surface area (Å²) in [4.78, 5) is 38.6. The molecule has 1 atom stereocenters. The second-order valence-corrected chi connectivity index (χ2v) is 5.65. The minimum atomic E-state index is -1.08. The fraction of sp³-hybridized carbons (Fsp3) is 0.438. The summed E-state index contributed by atoms with van der Waals surface area (Å²) >= 11 is 0. The number of hydrogen-bond donors (Lipinski definition) is 1. The summed E-state index contributed by atoms with van der Waals surface area (Å²) in [7, 11) is 0. The van der Waals surface area contributed by atoms with E-state index in [9.17, 15) is 14.4 Å². The van der Waals surface area contributed by atoms with E-state index in [1.807, 2.05) is 24.3 Å². The lowest BCUT2D eigenvalue weighted by Crippen LogP contribution is -2.52. The van der Waals surface area contributed by atoms with Crippen molar-refractivity contribution < 1.29 is 24.2 Å². The first-order valence-corrected chi connectivity index (χ1v) is 7.56. The summed E-state index contributed by atoms with van der Waals surface area (Å²) in [6.45, 7) is 0.472. The number of hydrogen-bond acceptors (Lipinski definition) is 4. The average molecular weight is 318 g/mol. The van der Waals surface area contributed by atoms with Gasteiger partial charge in [0.15, 0.2) is 6.10 Å². The number of para-hydroxylation sites is 1. The van der Waals surface area contributed by atoms with Gasteiger partial charge in [-0.15, -0.1) is 0 Å². The Labute approximate surface area is 133 Å². The predicted octanol–water partition coefficient (Wildman–Crippen LogP) is 0.278. The van der Waals surface area contributed by atoms with E-state index in [1.165, 1.54) is 9.80 Å². The van der Waals surface area contributed by atoms with Crippen molar-refractivity contribution in [3.8, 4) is 0 Å². The van der Waals surface area contributed by atoms with Gasteiger partial charge in [-0.2, -0.15) is 0 Å². The van der Waals surface area contributed by atoms with Gasteiger partial charge in [-0.05, 0) is 18.1 Å². The molecule has 0 aromatic heterocycles. The highest BCUT2D eigenvalue weighted by Gasteiger charge is 2.32. The summed E-state index contributed by atoms with van der Waals surface area (Å²) in [5.74, 6) is -1.42. The number of ether oxygens (including phenoxy) is 1. The Morgan fingerprint density at radius 1 is 1.26 bits per heavy atom. The van der Waals surface area contributed by atoms with Gasteiger partial charge in [-0.3, -0.25) is 9.59 Å². The Bertz CT molecular complexity index is 645. The molecule has 0 saturated carbocycles. The van der Waals surface area contributed by atoms with E-state index in [4.69, 9.17) is 9.84 Å². The molecule has 0 aliphatic carbocycles. The molecule has 7 heteroatoms. The van der Waals surface area contributed by atoms with Crippen LogP contribution < -0.4 is 4.90 Å². The number of rotatable bonds is 3. The molecule has 1 saturated heterocycles. The van der Waals surface area contributed by atoms with Crippen molar-refractivity contribution >= 4 is 23.5 Å². The predicted molar refractivity (Wildman–Crippen MR) is 81.1 cm³/mol. The molecule has 1 fully saturated rings. The van der Waals surface area contributed by atoms with Gasteiger partial charge in [0.2, 0.25) is 11.8 Å². The quantitative estimate of drug-likeness (QED) is 0.865. The molecule has 0 radical (unpaired) electrons. The van der Waals surface area contributed by atoms with Crippen molar-refractivity contribution in [2.75, 3.05) is 31.1 Å². The zero-order valence-electron chi connectivity index (χ0n) is 12.6. The second-order valence-electron chi connectivity index (χ2n) is 5.65. The third-order valence-electron chi connectivity index (χ3n) is 4.18. The van der Waals surface area contributed by atoms with E-state index in [0.717, 1.165) is 11.3 Å². The SMILES string of the molecule is O=C(O)C1CN(C(=O)CN2C(=O)CCc3ccccc32)CCO1. The molecule has 1 unspecified atom stereocenters. The summed E-state index contributed by atoms with van der Waals surface area (Å²) in [5.41, 5.74) is 1.81. The lowest BCUT2D eigenvalue weighted by Gasteiger charge is -2.34. The minimum Gasteiger partial charge on any atom is -0.479 e. The molecule has 7 nitrogen and oxygen atoms in total. The summed E-state index contributed by atoms with van der Waals surface area (Å²) < 4.78 is 5.11. The maximum atomic E-state index is 12.5. The van der Waals surface area contributed by atoms with Gasteiger partial charge in [-0.25, -0.2) is 4.79 Å². The number of carboxylic acids is 1. The molecule has 23 heavy (non-hydrogen) atoms. The first-order valence-electron chi connectivity index (χ1n) is 7.56. The van der Waals surface area contributed by atoms with Crippen LogP contribution in [-0.4, -0.2) is 60.1 Å². The summed E-state index contributed by atoms with van der Waals surface area (Å²) in [6, 6.07) is 7.53. The first-order chi connectivity index (χ1) is 11.1. The van der Waals surface area contributed by atoms with Crippen LogP contribution in [0.25, 0.3) is 0 Å². The van der Waals surface area contributed by atoms with E-state index in [1.54, 1.807) is 0 Å². The summed E-state index contributed by atoms with van der Waals surface area (Å²) in [6.07, 6.45) is 0.0563. The maximum Gasteiger partial charge on any atom is 0.334 e. The van der Waals surface area contributed by atoms with Gasteiger partial charge in [0.25, 0.3) is 0 Å². The fourth-order valence-electron chi connectivity index (χ4n) is 2.93. The number of fused-ring (bicyclic) bond motifs is 1. The number of carboxylic acid groups (broad SMARTS) is 1. The average Bonchev–Trinajstić information content (AvgIpc) is 2.57. The van der Waals surface area contributed by atoms with Crippen molar-refractivity contribution in [1.82, 2.24) is 4.90 Å². The minimum absolute atomic E-state index is 0.0117. The van der Waals surface area contributed by atoms with Crippen LogP contribution in [0.3, 0.4) is 0 Å². The number of carbonyl (C=O) groups is 3. The van der Waals surface area contributed by atoms with Crippen LogP contribution in [0.4, 0.5) is 5.69 Å². The number of aryl methyl sites for hydroxylation is 1. The number of nitrogens with zero attached hydrogens (tertiary/aromatic N) is 2. The Hall–Kier alpha value is -2.41. The van der Waals surface area contributed by atoms with Crippen molar-refractivity contribution in [1.29, 1.82) is 0 Å². The number of benzene rings is 1. The molecule has 3 rings (SSSR count). The molecular weight excluding hydrogens is 300 g/mol. The molecular formula is C16H18N2O5. The number of aliphatic carboxylic acids is 1. The Morgan fingerprint density at radius 3 is 2.83 bits per heavy atom. The molecule has 2 heterocycles. The maximum absolute atomic E-state index is 12.5. The lowest BCUT2D eigenvalue weighted by atomic mass is 10.0. The molecule has 1 aromatic rings. The van der Waals surface area contributed by atoms with E-state index < -0.39 is 12.1 Å². The smallest absolute Gasteiger partial charge is 0.334 e. The normalized spacial score (nSPS) is 21.0. The lowest BCUT2D eigenvalue weighted by molar-refractivity contribution is -0.159. The van der Waals surface area contributed by atoms with Crippen LogP contribution >= 0.6 is 0 Å². The van der Waals surface area contributed by atoms with Crippen LogP contribution in [0, 0.1) is 0 Å². The zero-order valence-corrected chi connectivity index (χ0v) is 12.6. The van der Waals surface area contributed by atoms with Gasteiger partial charge in [0.1, 0.15) is 6.54 Å². The molecule has 0 spiro atoms. The number of morpholine rings is 1. The molecule has 2 amide bonds. The van der Waals surface area contributed by atoms with E-state index in [-0.39, 0.29) is 31.5 Å². The van der Waals surface area contributed by atoms with Crippen LogP contribution in [0.5, 0.6) is 0 Å². The molecule has 122 valence electrons. The van der Waals surface area contributed by atoms with Gasteiger partial charge in [0, 0.05) is 18.7 Å². The van der Waals surface area contributed by atoms with Crippen molar-refractivity contribution in [3.05, 3.63) is 29.8 Å². The monoisotopic (exact) mass is 318 g/mol. The van der Waals surface area contributed by atoms with E-state index in [2.05, 4.69) is 0 Å². The van der Waals surface area contributed by atoms with Gasteiger partial charge in [-0.1, -0.05) is 18.2 Å². The first kappa shape index (κ1) is 15.5. The van der Waals surface area contributed by atoms with Crippen LogP contribution in [0.2, 0.25) is 0 Å². The Morgan fingerprint density at radius 2 is 2.04 bits per heavy atom. The molecule has 0 bridgehead atoms. The molecule has 2 aliphatic heterocycles. The standard InChI is InChI=1S/C16H18N2O5/c19-14-6-5-11-3-1-2-4-12(11)18(14)10-15(20)17-7-8-23-13(9-17)16(21)22/h1-4,13H,5-10H2,(H,21,22). The third-order valence-corrected chi connectivity index (χ3v) is 4.18. The van der Waals surface area contributed by atoms with Crippen LogP contribution in [0.1, 0.15) is 12.0 Å². The van der Waals surface area contributed by atoms with E-state index in [0.29, 0.717) is 19.4 Å². The van der Waals surface area contributed by atoms with Crippen molar-refractivity contribution in [2.24, 2.45) is 0 Å². The highest BCUT2D eigenvalue weighted by molar-refractivity contribution is 6.01. The zero-order chi connectivity index (χ0) is 16.4. The summed E-state index contributed by atoms with van der Waals surface area (Å²) in [5, 5.41) is 9.00. The fourth-order valence-corrected chi connectivity index (χ4v) is 2.93. The van der Waals surface area contributed by atoms with Crippen molar-refractivity contribution in [2.45, 2.75) is 18.9 Å². The van der Waals surface area contributed by atoms with Gasteiger partial charge >= 0.3 is 5.97 Å². The number of anilines is 1. The number of carbonyl (C=O) groups excluding carboxylic acids is 2. The second kappa shape index (κ2) is 6.37. The van der Waals surface area contributed by atoms with Gasteiger partial charge < -0.3 is 19.6 Å². The highest BCUT2D eigenvalue weighted by atomic mass is 16.5. The Balaban J connectivity index is 1.72. The largest absolute Gasteiger partial charge is 0.479 e. The van der Waals surface area contributed by atoms with Gasteiger partial charge in [0.05, 0.1) is 13.2 Å². The number of amides is 2. The molecule has 1 aromatic carbocycles. The Kier molecular flexibility index (Phi) is 4.29. The molecule has 1 N–H and O–H groups in total. The molecule has 2 aliphatic rings. The van der Waals surface area contributed by atoms with Crippen LogP contribution in [0.15, 0.2) is 24.3 Å². The topological polar surface area (TPSA) is 87.2 Å².